The number of aromatic amines is 1. The van der Waals surface area contributed by atoms with Gasteiger partial charge >= 0.3 is 5.97 Å². The van der Waals surface area contributed by atoms with Gasteiger partial charge in [-0.3, -0.25) is 4.79 Å². The first-order valence-corrected chi connectivity index (χ1v) is 9.44. The third kappa shape index (κ3) is 2.92. The summed E-state index contributed by atoms with van der Waals surface area (Å²) in [5, 5.41) is 1.44. The molecule has 0 atom stereocenters. The summed E-state index contributed by atoms with van der Waals surface area (Å²) < 4.78 is 5.04. The zero-order chi connectivity index (χ0) is 17.3. The number of fused-ring (bicyclic) bond motifs is 1. The third-order valence-corrected chi connectivity index (χ3v) is 5.08. The van der Waals surface area contributed by atoms with Crippen molar-refractivity contribution in [3.8, 4) is 0 Å². The van der Waals surface area contributed by atoms with E-state index in [1.165, 1.54) is 24.6 Å². The molecule has 1 fully saturated rings. The number of ether oxygens (including phenoxy) is 1. The second kappa shape index (κ2) is 6.93. The first kappa shape index (κ1) is 17.0. The van der Waals surface area contributed by atoms with Crippen molar-refractivity contribution in [3.05, 3.63) is 27.2 Å². The molecule has 2 aromatic rings. The molecule has 128 valence electrons. The topological polar surface area (TPSA) is 84.9 Å². The first-order valence-electron chi connectivity index (χ1n) is 8.22. The number of nitrogens with zero attached hydrogens (tertiary/aromatic N) is 2. The molecule has 1 N–H and O–H groups in total. The lowest BCUT2D eigenvalue weighted by Gasteiger charge is -2.16. The number of thioether (sulfide) groups is 1. The molecule has 2 heterocycles. The average molecular weight is 347 g/mol. The van der Waals surface area contributed by atoms with Gasteiger partial charge in [0.15, 0.2) is 5.16 Å². The maximum Gasteiger partial charge on any atom is 0.344 e. The van der Waals surface area contributed by atoms with Gasteiger partial charge in [-0.05, 0) is 38.5 Å². The normalized spacial score (nSPS) is 15.1. The van der Waals surface area contributed by atoms with E-state index < -0.39 is 11.5 Å². The van der Waals surface area contributed by atoms with Gasteiger partial charge in [-0.15, -0.1) is 0 Å². The van der Waals surface area contributed by atoms with Crippen LogP contribution in [-0.2, 0) is 4.74 Å². The molecule has 24 heavy (non-hydrogen) atoms. The van der Waals surface area contributed by atoms with Gasteiger partial charge in [0, 0.05) is 11.3 Å². The van der Waals surface area contributed by atoms with Gasteiger partial charge in [-0.25, -0.2) is 14.8 Å². The highest BCUT2D eigenvalue weighted by atomic mass is 32.2. The molecule has 0 bridgehead atoms. The van der Waals surface area contributed by atoms with E-state index in [-0.39, 0.29) is 12.2 Å². The predicted molar refractivity (Wildman–Crippen MR) is 93.8 cm³/mol. The molecule has 1 saturated carbocycles. The fourth-order valence-corrected chi connectivity index (χ4v) is 3.79. The minimum absolute atomic E-state index is 0.0594. The number of hydrogen-bond acceptors (Lipinski definition) is 6. The van der Waals surface area contributed by atoms with Crippen LogP contribution in [0.25, 0.3) is 11.0 Å². The summed E-state index contributed by atoms with van der Waals surface area (Å²) in [7, 11) is 0. The summed E-state index contributed by atoms with van der Waals surface area (Å²) in [6.45, 7) is 3.73. The first-order chi connectivity index (χ1) is 11.6. The maximum absolute atomic E-state index is 12.4. The van der Waals surface area contributed by atoms with Gasteiger partial charge in [-0.2, -0.15) is 0 Å². The van der Waals surface area contributed by atoms with E-state index in [9.17, 15) is 9.59 Å². The van der Waals surface area contributed by atoms with Crippen LogP contribution >= 0.6 is 11.8 Å². The van der Waals surface area contributed by atoms with E-state index >= 15 is 0 Å². The smallest absolute Gasteiger partial charge is 0.344 e. The summed E-state index contributed by atoms with van der Waals surface area (Å²) >= 11 is 1.45. The lowest BCUT2D eigenvalue weighted by Crippen LogP contribution is -2.23. The van der Waals surface area contributed by atoms with Crippen molar-refractivity contribution in [1.29, 1.82) is 0 Å². The van der Waals surface area contributed by atoms with Crippen LogP contribution < -0.4 is 5.56 Å². The van der Waals surface area contributed by atoms with Crippen molar-refractivity contribution in [2.24, 2.45) is 0 Å². The van der Waals surface area contributed by atoms with Crippen molar-refractivity contribution < 1.29 is 9.53 Å². The van der Waals surface area contributed by atoms with Crippen molar-refractivity contribution >= 4 is 28.8 Å². The van der Waals surface area contributed by atoms with Crippen LogP contribution in [0.3, 0.4) is 0 Å². The van der Waals surface area contributed by atoms with E-state index in [1.54, 1.807) is 13.8 Å². The average Bonchev–Trinajstić information content (AvgIpc) is 3.08. The molecule has 0 aliphatic heterocycles. The maximum atomic E-state index is 12.4. The molecule has 0 amide bonds. The summed E-state index contributed by atoms with van der Waals surface area (Å²) in [5.41, 5.74) is 1.67. The predicted octanol–water partition coefficient (Wildman–Crippen LogP) is 3.18. The van der Waals surface area contributed by atoms with Crippen molar-refractivity contribution in [3.63, 3.8) is 0 Å². The lowest BCUT2D eigenvalue weighted by atomic mass is 9.96. The zero-order valence-electron chi connectivity index (χ0n) is 14.1. The molecule has 0 aromatic carbocycles. The SMILES string of the molecule is CCOC(=O)c1c(C)c2c(C3CCCC3)nc(SC)nc2[nH]c1=O. The Morgan fingerprint density at radius 2 is 2.04 bits per heavy atom. The highest BCUT2D eigenvalue weighted by molar-refractivity contribution is 7.98. The number of aryl methyl sites for hydroxylation is 1. The fraction of sp³-hybridized carbons (Fsp3) is 0.529. The van der Waals surface area contributed by atoms with E-state index in [4.69, 9.17) is 9.72 Å². The Bertz CT molecular complexity index is 841. The minimum Gasteiger partial charge on any atom is -0.462 e. The summed E-state index contributed by atoms with van der Waals surface area (Å²) in [6.07, 6.45) is 6.42. The molecule has 1 aliphatic carbocycles. The Morgan fingerprint density at radius 3 is 2.67 bits per heavy atom. The van der Waals surface area contributed by atoms with Gasteiger partial charge in [0.25, 0.3) is 5.56 Å². The van der Waals surface area contributed by atoms with E-state index in [1.807, 2.05) is 6.26 Å². The summed E-state index contributed by atoms with van der Waals surface area (Å²) in [5.74, 6) is -0.245. The molecule has 6 nitrogen and oxygen atoms in total. The number of aromatic nitrogens is 3. The van der Waals surface area contributed by atoms with E-state index in [0.29, 0.717) is 22.3 Å². The summed E-state index contributed by atoms with van der Waals surface area (Å²) in [4.78, 5) is 36.5. The molecule has 1 aliphatic rings. The molecule has 7 heteroatoms. The largest absolute Gasteiger partial charge is 0.462 e. The number of carbonyl (C=O) groups is 1. The molecule has 0 saturated heterocycles. The van der Waals surface area contributed by atoms with Crippen LogP contribution in [0.15, 0.2) is 9.95 Å². The molecule has 3 rings (SSSR count). The Kier molecular flexibility index (Phi) is 4.89. The van der Waals surface area contributed by atoms with Crippen LogP contribution in [0, 0.1) is 6.92 Å². The van der Waals surface area contributed by atoms with Crippen LogP contribution in [0.1, 0.15) is 60.1 Å². The number of nitrogens with one attached hydrogen (secondary N) is 1. The van der Waals surface area contributed by atoms with Crippen LogP contribution in [-0.4, -0.2) is 33.8 Å². The van der Waals surface area contributed by atoms with Crippen molar-refractivity contribution in [2.45, 2.75) is 50.6 Å². The van der Waals surface area contributed by atoms with Gasteiger partial charge in [0.05, 0.1) is 12.3 Å². The summed E-state index contributed by atoms with van der Waals surface area (Å²) in [6, 6.07) is 0. The highest BCUT2D eigenvalue weighted by Crippen LogP contribution is 2.37. The number of carbonyl (C=O) groups excluding carboxylic acids is 1. The number of esters is 1. The second-order valence-electron chi connectivity index (χ2n) is 5.98. The molecule has 0 radical (unpaired) electrons. The van der Waals surface area contributed by atoms with Gasteiger partial charge < -0.3 is 9.72 Å². The molecular formula is C17H21N3O3S. The van der Waals surface area contributed by atoms with E-state index in [0.717, 1.165) is 23.9 Å². The molecular weight excluding hydrogens is 326 g/mol. The number of pyridine rings is 1. The molecule has 0 unspecified atom stereocenters. The zero-order valence-corrected chi connectivity index (χ0v) is 15.0. The molecule has 2 aromatic heterocycles. The van der Waals surface area contributed by atoms with Crippen LogP contribution in [0.4, 0.5) is 0 Å². The number of H-pyrrole nitrogens is 1. The van der Waals surface area contributed by atoms with Crippen LogP contribution in [0.5, 0.6) is 0 Å². The standard InChI is InChI=1S/C17H21N3O3S/c1-4-23-16(22)12-9(2)11-13(10-7-5-6-8-10)18-17(24-3)20-14(11)19-15(12)21/h10H,4-8H2,1-3H3,(H,18,19,20,21). The van der Waals surface area contributed by atoms with Gasteiger partial charge in [0.2, 0.25) is 0 Å². The van der Waals surface area contributed by atoms with Gasteiger partial charge in [-0.1, -0.05) is 24.6 Å². The highest BCUT2D eigenvalue weighted by Gasteiger charge is 2.26. The van der Waals surface area contributed by atoms with Crippen LogP contribution in [0.2, 0.25) is 0 Å². The Labute approximate surface area is 144 Å². The Balaban J connectivity index is 2.30. The fourth-order valence-electron chi connectivity index (χ4n) is 3.42. The van der Waals surface area contributed by atoms with Crippen molar-refractivity contribution in [1.82, 2.24) is 15.0 Å². The lowest BCUT2D eigenvalue weighted by molar-refractivity contribution is 0.0523. The Morgan fingerprint density at radius 1 is 1.33 bits per heavy atom. The monoisotopic (exact) mass is 347 g/mol. The Hall–Kier alpha value is -1.89. The third-order valence-electron chi connectivity index (χ3n) is 4.53. The molecule has 0 spiro atoms. The van der Waals surface area contributed by atoms with Gasteiger partial charge in [0.1, 0.15) is 11.2 Å². The second-order valence-corrected chi connectivity index (χ2v) is 6.75. The number of hydrogen-bond donors (Lipinski definition) is 1. The quantitative estimate of drug-likeness (QED) is 0.519. The van der Waals surface area contributed by atoms with Crippen molar-refractivity contribution in [2.75, 3.05) is 12.9 Å². The number of rotatable bonds is 4. The van der Waals surface area contributed by atoms with E-state index in [2.05, 4.69) is 9.97 Å². The minimum atomic E-state index is -0.593.